The van der Waals surface area contributed by atoms with E-state index in [1.807, 2.05) is 37.3 Å². The fourth-order valence-corrected chi connectivity index (χ4v) is 6.16. The highest BCUT2D eigenvalue weighted by atomic mass is 19.4. The smallest absolute Gasteiger partial charge is 0.416 e. The molecule has 1 unspecified atom stereocenters. The van der Waals surface area contributed by atoms with Crippen molar-refractivity contribution >= 4 is 5.97 Å². The number of ether oxygens (including phenoxy) is 3. The Morgan fingerprint density at radius 3 is 2.29 bits per heavy atom. The van der Waals surface area contributed by atoms with E-state index in [2.05, 4.69) is 4.90 Å². The van der Waals surface area contributed by atoms with E-state index >= 15 is 0 Å². The lowest BCUT2D eigenvalue weighted by molar-refractivity contribution is -0.158. The second-order valence-corrected chi connectivity index (χ2v) is 11.5. The van der Waals surface area contributed by atoms with E-state index in [-0.39, 0.29) is 36.0 Å². The molecule has 0 amide bonds. The van der Waals surface area contributed by atoms with E-state index in [1.165, 1.54) is 6.92 Å². The summed E-state index contributed by atoms with van der Waals surface area (Å²) in [6, 6.07) is 11.0. The fraction of sp³-hybridized carbons (Fsp3) is 0.581. The largest absolute Gasteiger partial charge is 0.466 e. The first kappa shape index (κ1) is 32.3. The van der Waals surface area contributed by atoms with E-state index < -0.39 is 41.1 Å². The summed E-state index contributed by atoms with van der Waals surface area (Å²) >= 11 is 0. The van der Waals surface area contributed by atoms with Gasteiger partial charge in [0.15, 0.2) is 0 Å². The zero-order valence-electron chi connectivity index (χ0n) is 23.9. The number of carbonyl (C=O) groups excluding carboxylic acids is 1. The average Bonchev–Trinajstić information content (AvgIpc) is 2.92. The van der Waals surface area contributed by atoms with E-state index in [1.54, 1.807) is 6.92 Å². The van der Waals surface area contributed by atoms with Crippen LogP contribution in [0.3, 0.4) is 0 Å². The Labute approximate surface area is 242 Å². The molecule has 0 saturated carbocycles. The summed E-state index contributed by atoms with van der Waals surface area (Å²) in [4.78, 5) is 14.9. The van der Waals surface area contributed by atoms with Gasteiger partial charge in [0.2, 0.25) is 0 Å². The average molecular weight is 602 g/mol. The molecule has 0 radical (unpaired) electrons. The summed E-state index contributed by atoms with van der Waals surface area (Å²) in [7, 11) is 0. The predicted molar refractivity (Wildman–Crippen MR) is 144 cm³/mol. The number of carbonyl (C=O) groups is 1. The molecule has 0 aliphatic carbocycles. The monoisotopic (exact) mass is 601 g/mol. The predicted octanol–water partition coefficient (Wildman–Crippen LogP) is 7.27. The van der Waals surface area contributed by atoms with Crippen LogP contribution in [0.1, 0.15) is 67.9 Å². The van der Waals surface area contributed by atoms with Crippen LogP contribution >= 0.6 is 0 Å². The first-order chi connectivity index (χ1) is 19.7. The summed E-state index contributed by atoms with van der Waals surface area (Å²) in [6.45, 7) is 7.82. The lowest BCUT2D eigenvalue weighted by atomic mass is 9.78. The maximum atomic E-state index is 13.5. The van der Waals surface area contributed by atoms with Gasteiger partial charge in [0, 0.05) is 24.9 Å². The normalized spacial score (nSPS) is 26.5. The molecule has 2 heterocycles. The van der Waals surface area contributed by atoms with Crippen molar-refractivity contribution in [1.82, 2.24) is 4.90 Å². The van der Waals surface area contributed by atoms with Crippen molar-refractivity contribution in [3.63, 3.8) is 0 Å². The Morgan fingerprint density at radius 2 is 1.69 bits per heavy atom. The molecule has 11 heteroatoms. The maximum absolute atomic E-state index is 13.5. The summed E-state index contributed by atoms with van der Waals surface area (Å²) < 4.78 is 98.5. The van der Waals surface area contributed by atoms with Gasteiger partial charge in [-0.15, -0.1) is 0 Å². The van der Waals surface area contributed by atoms with Crippen molar-refractivity contribution in [2.75, 3.05) is 39.5 Å². The highest BCUT2D eigenvalue weighted by molar-refractivity contribution is 5.76. The number of hydrogen-bond acceptors (Lipinski definition) is 5. The Morgan fingerprint density at radius 1 is 1.05 bits per heavy atom. The van der Waals surface area contributed by atoms with Crippen LogP contribution < -0.4 is 0 Å². The molecule has 2 saturated heterocycles. The number of alkyl halides is 6. The van der Waals surface area contributed by atoms with Gasteiger partial charge in [-0.1, -0.05) is 30.3 Å². The molecule has 4 rings (SSSR count). The summed E-state index contributed by atoms with van der Waals surface area (Å²) in [5, 5.41) is 0. The third-order valence-corrected chi connectivity index (χ3v) is 8.20. The first-order valence-electron chi connectivity index (χ1n) is 14.2. The minimum Gasteiger partial charge on any atom is -0.466 e. The van der Waals surface area contributed by atoms with Crippen LogP contribution in [0.5, 0.6) is 0 Å². The lowest BCUT2D eigenvalue weighted by Crippen LogP contribution is -2.51. The van der Waals surface area contributed by atoms with Crippen molar-refractivity contribution < 1.29 is 45.3 Å². The van der Waals surface area contributed by atoms with Crippen LogP contribution in [0, 0.1) is 11.3 Å². The third-order valence-electron chi connectivity index (χ3n) is 8.20. The molecular formula is C31H37F6NO4. The number of benzene rings is 2. The lowest BCUT2D eigenvalue weighted by Gasteiger charge is -2.44. The number of halogens is 6. The van der Waals surface area contributed by atoms with Gasteiger partial charge in [-0.2, -0.15) is 26.3 Å². The number of nitrogens with zero attached hydrogens (tertiary/aromatic N) is 1. The molecule has 5 atom stereocenters. The molecule has 0 spiro atoms. The molecule has 0 bridgehead atoms. The van der Waals surface area contributed by atoms with Gasteiger partial charge in [-0.3, -0.25) is 4.79 Å². The highest BCUT2D eigenvalue weighted by Crippen LogP contribution is 2.41. The number of likely N-dealkylation sites (tertiary alicyclic amines) is 1. The van der Waals surface area contributed by atoms with Gasteiger partial charge >= 0.3 is 18.3 Å². The van der Waals surface area contributed by atoms with Crippen molar-refractivity contribution in [2.24, 2.45) is 11.3 Å². The number of esters is 1. The van der Waals surface area contributed by atoms with Crippen LogP contribution in [-0.2, 0) is 31.4 Å². The molecule has 5 nitrogen and oxygen atoms in total. The molecule has 0 aromatic heterocycles. The van der Waals surface area contributed by atoms with Crippen molar-refractivity contribution in [2.45, 2.75) is 64.1 Å². The van der Waals surface area contributed by atoms with Crippen LogP contribution in [0.25, 0.3) is 0 Å². The van der Waals surface area contributed by atoms with Crippen molar-refractivity contribution in [3.05, 3.63) is 70.8 Å². The molecule has 232 valence electrons. The quantitative estimate of drug-likeness (QED) is 0.235. The molecule has 42 heavy (non-hydrogen) atoms. The molecule has 2 fully saturated rings. The van der Waals surface area contributed by atoms with Gasteiger partial charge in [0.25, 0.3) is 0 Å². The van der Waals surface area contributed by atoms with Crippen LogP contribution in [0.2, 0.25) is 0 Å². The van der Waals surface area contributed by atoms with E-state index in [9.17, 15) is 31.1 Å². The second kappa shape index (κ2) is 12.9. The van der Waals surface area contributed by atoms with Crippen LogP contribution in [0.4, 0.5) is 26.3 Å². The number of hydrogen-bond donors (Lipinski definition) is 0. The van der Waals surface area contributed by atoms with E-state index in [0.29, 0.717) is 44.9 Å². The molecular weight excluding hydrogens is 564 g/mol. The van der Waals surface area contributed by atoms with Gasteiger partial charge in [-0.05, 0) is 69.5 Å². The molecule has 0 N–H and O–H groups in total. The maximum Gasteiger partial charge on any atom is 0.416 e. The highest BCUT2D eigenvalue weighted by Gasteiger charge is 2.43. The zero-order valence-corrected chi connectivity index (χ0v) is 23.9. The SMILES string of the molecule is CCOC(=O)C1(C)CCCN(C[C@@H]2COC[C@H](O[C@H](C)c3cc(C(F)(F)F)cc(C(F)(F)F)c3)[C@H]2c2ccccc2)C1. The zero-order chi connectivity index (χ0) is 30.7. The van der Waals surface area contributed by atoms with E-state index in [0.717, 1.165) is 18.5 Å². The second-order valence-electron chi connectivity index (χ2n) is 11.5. The van der Waals surface area contributed by atoms with Crippen LogP contribution in [-0.4, -0.2) is 56.4 Å². The Hall–Kier alpha value is -2.63. The minimum absolute atomic E-state index is 0.102. The van der Waals surface area contributed by atoms with Crippen molar-refractivity contribution in [1.29, 1.82) is 0 Å². The summed E-state index contributed by atoms with van der Waals surface area (Å²) in [5.74, 6) is -0.579. The van der Waals surface area contributed by atoms with Gasteiger partial charge in [0.05, 0.1) is 48.6 Å². The van der Waals surface area contributed by atoms with Gasteiger partial charge < -0.3 is 19.1 Å². The minimum atomic E-state index is -4.95. The molecule has 2 aliphatic heterocycles. The first-order valence-corrected chi connectivity index (χ1v) is 14.2. The summed E-state index contributed by atoms with van der Waals surface area (Å²) in [5.41, 5.74) is -2.68. The number of rotatable bonds is 8. The fourth-order valence-electron chi connectivity index (χ4n) is 6.16. The molecule has 2 aromatic rings. The van der Waals surface area contributed by atoms with Gasteiger partial charge in [-0.25, -0.2) is 0 Å². The topological polar surface area (TPSA) is 48.0 Å². The van der Waals surface area contributed by atoms with E-state index in [4.69, 9.17) is 14.2 Å². The standard InChI is InChI=1S/C31H37F6NO4/c1-4-41-28(39)29(3)11-8-12-38(19-29)16-23-17-40-18-26(27(23)21-9-6-5-7-10-21)42-20(2)22-13-24(30(32,33)34)15-25(14-22)31(35,36)37/h5-7,9-10,13-15,20,23,26-27H,4,8,11-12,16-19H2,1-3H3/t20-,23-,26+,27+,29?/m1/s1. The molecule has 2 aromatic carbocycles. The molecule has 2 aliphatic rings. The number of piperidine rings is 1. The Bertz CT molecular complexity index is 1170. The van der Waals surface area contributed by atoms with Crippen LogP contribution in [0.15, 0.2) is 48.5 Å². The van der Waals surface area contributed by atoms with Crippen molar-refractivity contribution in [3.8, 4) is 0 Å². The van der Waals surface area contributed by atoms with Gasteiger partial charge in [0.1, 0.15) is 0 Å². The third kappa shape index (κ3) is 7.65. The Kier molecular flexibility index (Phi) is 9.94. The Balaban J connectivity index is 1.59. The summed E-state index contributed by atoms with van der Waals surface area (Å²) in [6.07, 6.45) is -10.1.